The van der Waals surface area contributed by atoms with Gasteiger partial charge in [-0.2, -0.15) is 0 Å². The van der Waals surface area contributed by atoms with E-state index in [0.29, 0.717) is 5.56 Å². The third-order valence-electron chi connectivity index (χ3n) is 2.87. The summed E-state index contributed by atoms with van der Waals surface area (Å²) in [6, 6.07) is 1.91. The Labute approximate surface area is 91.1 Å². The minimum atomic E-state index is -1.45. The first-order valence-corrected chi connectivity index (χ1v) is 5.06. The van der Waals surface area contributed by atoms with Crippen molar-refractivity contribution in [1.29, 1.82) is 0 Å². The Balaban J connectivity index is 2.05. The zero-order chi connectivity index (χ0) is 11.8. The molecule has 2 nitrogen and oxygen atoms in total. The molecule has 0 saturated heterocycles. The van der Waals surface area contributed by atoms with Gasteiger partial charge in [-0.05, 0) is 30.5 Å². The van der Waals surface area contributed by atoms with Crippen molar-refractivity contribution < 1.29 is 18.3 Å². The molecule has 2 N–H and O–H groups in total. The van der Waals surface area contributed by atoms with Crippen LogP contribution in [0, 0.1) is 17.5 Å². The summed E-state index contributed by atoms with van der Waals surface area (Å²) in [6.07, 6.45) is 1.69. The van der Waals surface area contributed by atoms with Crippen molar-refractivity contribution in [2.45, 2.75) is 24.9 Å². The Hall–Kier alpha value is -1.07. The molecule has 1 aromatic carbocycles. The molecule has 0 spiro atoms. The smallest absolute Gasteiger partial charge is 0.194 e. The number of benzene rings is 1. The number of hydrogen-bond acceptors (Lipinski definition) is 2. The number of rotatable bonds is 4. The maximum absolute atomic E-state index is 12.9. The fourth-order valence-corrected chi connectivity index (χ4v) is 1.54. The molecule has 0 aromatic heterocycles. The molecule has 0 amide bonds. The number of aliphatic hydroxyl groups excluding tert-OH is 1. The van der Waals surface area contributed by atoms with E-state index in [1.807, 2.05) is 0 Å². The van der Waals surface area contributed by atoms with Crippen molar-refractivity contribution in [2.24, 2.45) is 0 Å². The Morgan fingerprint density at radius 3 is 2.19 bits per heavy atom. The molecule has 0 atom stereocenters. The highest BCUT2D eigenvalue weighted by Crippen LogP contribution is 2.34. The fourth-order valence-electron chi connectivity index (χ4n) is 1.54. The molecule has 88 valence electrons. The molecule has 0 radical (unpaired) electrons. The number of halogens is 3. The molecule has 2 rings (SSSR count). The molecule has 1 aliphatic carbocycles. The SMILES string of the molecule is OCC1(NCc2cc(F)c(F)c(F)c2)CC1. The minimum absolute atomic E-state index is 0.000834. The molecule has 0 unspecified atom stereocenters. The van der Waals surface area contributed by atoms with Gasteiger partial charge < -0.3 is 10.4 Å². The molecule has 0 aliphatic heterocycles. The van der Waals surface area contributed by atoms with Crippen molar-refractivity contribution >= 4 is 0 Å². The van der Waals surface area contributed by atoms with Crippen molar-refractivity contribution in [1.82, 2.24) is 5.32 Å². The maximum Gasteiger partial charge on any atom is 0.194 e. The molecule has 1 fully saturated rings. The van der Waals surface area contributed by atoms with Crippen molar-refractivity contribution in [3.63, 3.8) is 0 Å². The van der Waals surface area contributed by atoms with Gasteiger partial charge in [-0.3, -0.25) is 0 Å². The van der Waals surface area contributed by atoms with Crippen LogP contribution in [0.2, 0.25) is 0 Å². The normalized spacial score (nSPS) is 17.5. The highest BCUT2D eigenvalue weighted by atomic mass is 19.2. The van der Waals surface area contributed by atoms with Crippen LogP contribution in [-0.2, 0) is 6.54 Å². The molecular formula is C11H12F3NO. The van der Waals surface area contributed by atoms with Gasteiger partial charge in [0.25, 0.3) is 0 Å². The van der Waals surface area contributed by atoms with E-state index in [4.69, 9.17) is 5.11 Å². The lowest BCUT2D eigenvalue weighted by Gasteiger charge is -2.14. The molecule has 0 bridgehead atoms. The van der Waals surface area contributed by atoms with Crippen LogP contribution in [0.4, 0.5) is 13.2 Å². The quantitative estimate of drug-likeness (QED) is 0.773. The standard InChI is InChI=1S/C11H12F3NO/c12-8-3-7(4-9(13)10(8)14)5-15-11(6-16)1-2-11/h3-4,15-16H,1-2,5-6H2. The maximum atomic E-state index is 12.9. The fraction of sp³-hybridized carbons (Fsp3) is 0.455. The van der Waals surface area contributed by atoms with E-state index in [9.17, 15) is 13.2 Å². The van der Waals surface area contributed by atoms with Crippen LogP contribution in [0.25, 0.3) is 0 Å². The van der Waals surface area contributed by atoms with Gasteiger partial charge >= 0.3 is 0 Å². The average molecular weight is 231 g/mol. The first-order valence-electron chi connectivity index (χ1n) is 5.06. The van der Waals surface area contributed by atoms with Gasteiger partial charge in [0.05, 0.1) is 6.61 Å². The monoisotopic (exact) mass is 231 g/mol. The van der Waals surface area contributed by atoms with Crippen LogP contribution in [0.15, 0.2) is 12.1 Å². The second-order valence-electron chi connectivity index (χ2n) is 4.17. The van der Waals surface area contributed by atoms with Crippen LogP contribution < -0.4 is 5.32 Å². The van der Waals surface area contributed by atoms with E-state index in [0.717, 1.165) is 25.0 Å². The van der Waals surface area contributed by atoms with Crippen LogP contribution in [0.5, 0.6) is 0 Å². The van der Waals surface area contributed by atoms with Crippen LogP contribution >= 0.6 is 0 Å². The predicted octanol–water partition coefficient (Wildman–Crippen LogP) is 1.72. The van der Waals surface area contributed by atoms with Crippen molar-refractivity contribution in [2.75, 3.05) is 6.61 Å². The summed E-state index contributed by atoms with van der Waals surface area (Å²) < 4.78 is 38.4. The van der Waals surface area contributed by atoms with E-state index in [-0.39, 0.29) is 18.7 Å². The van der Waals surface area contributed by atoms with Gasteiger partial charge in [0, 0.05) is 12.1 Å². The summed E-state index contributed by atoms with van der Waals surface area (Å²) in [5.74, 6) is -3.83. The van der Waals surface area contributed by atoms with Gasteiger partial charge in [0.2, 0.25) is 0 Å². The first-order chi connectivity index (χ1) is 7.56. The van der Waals surface area contributed by atoms with E-state index >= 15 is 0 Å². The number of aliphatic hydroxyl groups is 1. The van der Waals surface area contributed by atoms with E-state index in [1.54, 1.807) is 0 Å². The Bertz CT molecular complexity index is 381. The molecule has 1 aliphatic rings. The Morgan fingerprint density at radius 1 is 1.19 bits per heavy atom. The van der Waals surface area contributed by atoms with E-state index in [1.165, 1.54) is 0 Å². The second-order valence-corrected chi connectivity index (χ2v) is 4.17. The highest BCUT2D eigenvalue weighted by Gasteiger charge is 2.41. The number of nitrogens with one attached hydrogen (secondary N) is 1. The van der Waals surface area contributed by atoms with Gasteiger partial charge in [0.15, 0.2) is 17.5 Å². The Kier molecular flexibility index (Phi) is 2.90. The van der Waals surface area contributed by atoms with Crippen LogP contribution in [0.3, 0.4) is 0 Å². The minimum Gasteiger partial charge on any atom is -0.394 e. The average Bonchev–Trinajstić information content (AvgIpc) is 3.03. The molecule has 16 heavy (non-hydrogen) atoms. The van der Waals surface area contributed by atoms with Crippen LogP contribution in [-0.4, -0.2) is 17.3 Å². The summed E-state index contributed by atoms with van der Waals surface area (Å²) >= 11 is 0. The van der Waals surface area contributed by atoms with Gasteiger partial charge in [-0.1, -0.05) is 0 Å². The van der Waals surface area contributed by atoms with Gasteiger partial charge in [-0.25, -0.2) is 13.2 Å². The van der Waals surface area contributed by atoms with E-state index in [2.05, 4.69) is 5.32 Å². The van der Waals surface area contributed by atoms with Crippen molar-refractivity contribution in [3.05, 3.63) is 35.1 Å². The first kappa shape index (κ1) is 11.4. The Morgan fingerprint density at radius 2 is 1.75 bits per heavy atom. The topological polar surface area (TPSA) is 32.3 Å². The third-order valence-corrected chi connectivity index (χ3v) is 2.87. The largest absolute Gasteiger partial charge is 0.394 e. The lowest BCUT2D eigenvalue weighted by molar-refractivity contribution is 0.229. The zero-order valence-electron chi connectivity index (χ0n) is 8.56. The molecule has 1 saturated carbocycles. The lowest BCUT2D eigenvalue weighted by Crippen LogP contribution is -2.34. The molecular weight excluding hydrogens is 219 g/mol. The van der Waals surface area contributed by atoms with Gasteiger partial charge in [0.1, 0.15) is 0 Å². The molecule has 0 heterocycles. The summed E-state index contributed by atoms with van der Waals surface area (Å²) in [5, 5.41) is 12.0. The lowest BCUT2D eigenvalue weighted by atomic mass is 10.2. The summed E-state index contributed by atoms with van der Waals surface area (Å²) in [7, 11) is 0. The van der Waals surface area contributed by atoms with Crippen LogP contribution in [0.1, 0.15) is 18.4 Å². The van der Waals surface area contributed by atoms with Gasteiger partial charge in [-0.15, -0.1) is 0 Å². The predicted molar refractivity (Wildman–Crippen MR) is 52.2 cm³/mol. The van der Waals surface area contributed by atoms with Crippen molar-refractivity contribution in [3.8, 4) is 0 Å². The third kappa shape index (κ3) is 2.20. The molecule has 1 aromatic rings. The summed E-state index contributed by atoms with van der Waals surface area (Å²) in [6.45, 7) is 0.216. The number of hydrogen-bond donors (Lipinski definition) is 2. The van der Waals surface area contributed by atoms with E-state index < -0.39 is 17.5 Å². The summed E-state index contributed by atoms with van der Waals surface area (Å²) in [4.78, 5) is 0. The zero-order valence-corrected chi connectivity index (χ0v) is 8.56. The summed E-state index contributed by atoms with van der Waals surface area (Å²) in [5.41, 5.74) is 0.0255. The molecule has 5 heteroatoms. The second kappa shape index (κ2) is 4.07. The highest BCUT2D eigenvalue weighted by molar-refractivity contribution is 5.20.